The minimum absolute atomic E-state index is 0.0778. The molecule has 1 N–H and O–H groups in total. The van der Waals surface area contributed by atoms with E-state index >= 15 is 0 Å². The van der Waals surface area contributed by atoms with Gasteiger partial charge in [-0.05, 0) is 33.8 Å². The number of hydrogen-bond acceptors (Lipinski definition) is 5. The molecule has 0 saturated heterocycles. The van der Waals surface area contributed by atoms with Gasteiger partial charge in [0.1, 0.15) is 42.3 Å². The summed E-state index contributed by atoms with van der Waals surface area (Å²) in [5.41, 5.74) is 3.97. The molecule has 0 aliphatic carbocycles. The maximum atomic E-state index is 10.9. The molecule has 0 spiro atoms. The van der Waals surface area contributed by atoms with Crippen LogP contribution in [0.25, 0.3) is 0 Å². The first-order chi connectivity index (χ1) is 17.2. The SMILES string of the molecule is COc1cc(OCC(O)COc2cc(OC)c(C(C)(C)C)cc2C(C)(C)C)c(C(C)(C)C)cc1C(C)(C)C. The van der Waals surface area contributed by atoms with E-state index in [-0.39, 0.29) is 34.9 Å². The first-order valence-electron chi connectivity index (χ1n) is 13.6. The van der Waals surface area contributed by atoms with Crippen molar-refractivity contribution in [1.29, 1.82) is 0 Å². The summed E-state index contributed by atoms with van der Waals surface area (Å²) in [5.74, 6) is 3.00. The van der Waals surface area contributed by atoms with Gasteiger partial charge >= 0.3 is 0 Å². The smallest absolute Gasteiger partial charge is 0.126 e. The van der Waals surface area contributed by atoms with Crippen molar-refractivity contribution < 1.29 is 24.1 Å². The average Bonchev–Trinajstić information content (AvgIpc) is 2.77. The van der Waals surface area contributed by atoms with E-state index in [1.165, 1.54) is 0 Å². The maximum absolute atomic E-state index is 10.9. The topological polar surface area (TPSA) is 57.2 Å². The summed E-state index contributed by atoms with van der Waals surface area (Å²) in [7, 11) is 3.36. The molecule has 5 heteroatoms. The zero-order valence-electron chi connectivity index (χ0n) is 26.4. The summed E-state index contributed by atoms with van der Waals surface area (Å²) in [6.45, 7) is 26.2. The number of ether oxygens (including phenoxy) is 4. The van der Waals surface area contributed by atoms with Crippen LogP contribution in [0.5, 0.6) is 23.0 Å². The lowest BCUT2D eigenvalue weighted by Crippen LogP contribution is -2.27. The van der Waals surface area contributed by atoms with Crippen LogP contribution in [0.2, 0.25) is 0 Å². The van der Waals surface area contributed by atoms with Gasteiger partial charge in [-0.25, -0.2) is 0 Å². The van der Waals surface area contributed by atoms with Crippen LogP contribution in [0.4, 0.5) is 0 Å². The van der Waals surface area contributed by atoms with Gasteiger partial charge in [-0.15, -0.1) is 0 Å². The van der Waals surface area contributed by atoms with Crippen molar-refractivity contribution >= 4 is 0 Å². The first-order valence-corrected chi connectivity index (χ1v) is 13.6. The van der Waals surface area contributed by atoms with Crippen molar-refractivity contribution in [2.45, 2.75) is 111 Å². The van der Waals surface area contributed by atoms with Crippen molar-refractivity contribution in [2.75, 3.05) is 27.4 Å². The summed E-state index contributed by atoms with van der Waals surface area (Å²) < 4.78 is 23.8. The maximum Gasteiger partial charge on any atom is 0.126 e. The van der Waals surface area contributed by atoms with Gasteiger partial charge in [0.05, 0.1) is 14.2 Å². The van der Waals surface area contributed by atoms with E-state index in [1.54, 1.807) is 14.2 Å². The predicted molar refractivity (Wildman–Crippen MR) is 158 cm³/mol. The molecule has 0 heterocycles. The summed E-state index contributed by atoms with van der Waals surface area (Å²) in [6, 6.07) is 8.25. The summed E-state index contributed by atoms with van der Waals surface area (Å²) >= 11 is 0. The third-order valence-electron chi connectivity index (χ3n) is 6.70. The second kappa shape index (κ2) is 11.4. The Hall–Kier alpha value is -2.40. The highest BCUT2D eigenvalue weighted by atomic mass is 16.5. The highest BCUT2D eigenvalue weighted by Crippen LogP contribution is 2.42. The fraction of sp³-hybridized carbons (Fsp3) is 0.636. The molecule has 0 atom stereocenters. The van der Waals surface area contributed by atoms with Crippen LogP contribution in [0.1, 0.15) is 105 Å². The molecule has 0 fully saturated rings. The van der Waals surface area contributed by atoms with Crippen molar-refractivity contribution in [3.63, 3.8) is 0 Å². The Kier molecular flexibility index (Phi) is 9.52. The van der Waals surface area contributed by atoms with E-state index in [0.29, 0.717) is 11.5 Å². The molecule has 2 rings (SSSR count). The van der Waals surface area contributed by atoms with Crippen LogP contribution < -0.4 is 18.9 Å². The van der Waals surface area contributed by atoms with Gasteiger partial charge in [0, 0.05) is 34.4 Å². The largest absolute Gasteiger partial charge is 0.496 e. The molecule has 2 aromatic rings. The Morgan fingerprint density at radius 2 is 0.763 bits per heavy atom. The minimum Gasteiger partial charge on any atom is -0.496 e. The Morgan fingerprint density at radius 1 is 0.500 bits per heavy atom. The monoisotopic (exact) mass is 528 g/mol. The second-order valence-corrected chi connectivity index (χ2v) is 14.4. The van der Waals surface area contributed by atoms with Crippen LogP contribution in [0, 0.1) is 0 Å². The lowest BCUT2D eigenvalue weighted by molar-refractivity contribution is 0.0611. The lowest BCUT2D eigenvalue weighted by Gasteiger charge is -2.30. The van der Waals surface area contributed by atoms with Crippen LogP contribution in [-0.4, -0.2) is 38.6 Å². The van der Waals surface area contributed by atoms with Crippen LogP contribution >= 0.6 is 0 Å². The number of rotatable bonds is 8. The molecule has 0 radical (unpaired) electrons. The van der Waals surface area contributed by atoms with Gasteiger partial charge in [0.15, 0.2) is 0 Å². The zero-order valence-corrected chi connectivity index (χ0v) is 26.4. The van der Waals surface area contributed by atoms with Crippen molar-refractivity contribution in [3.8, 4) is 23.0 Å². The average molecular weight is 529 g/mol. The highest BCUT2D eigenvalue weighted by molar-refractivity contribution is 5.53. The summed E-state index contributed by atoms with van der Waals surface area (Å²) in [4.78, 5) is 0. The number of aliphatic hydroxyl groups excluding tert-OH is 1. The van der Waals surface area contributed by atoms with Crippen LogP contribution in [0.15, 0.2) is 24.3 Å². The number of hydrogen-bond donors (Lipinski definition) is 1. The van der Waals surface area contributed by atoms with Crippen molar-refractivity contribution in [1.82, 2.24) is 0 Å². The molecule has 0 amide bonds. The van der Waals surface area contributed by atoms with Crippen LogP contribution in [-0.2, 0) is 21.7 Å². The van der Waals surface area contributed by atoms with Crippen molar-refractivity contribution in [2.24, 2.45) is 0 Å². The molecule has 2 aromatic carbocycles. The Balaban J connectivity index is 2.30. The fourth-order valence-corrected chi connectivity index (χ4v) is 4.46. The minimum atomic E-state index is -0.822. The number of benzene rings is 2. The summed E-state index contributed by atoms with van der Waals surface area (Å²) in [5, 5.41) is 10.9. The molecular formula is C33H52O5. The first kappa shape index (κ1) is 31.8. The molecule has 0 aliphatic heterocycles. The second-order valence-electron chi connectivity index (χ2n) is 14.4. The van der Waals surface area contributed by atoms with E-state index in [9.17, 15) is 5.11 Å². The standard InChI is InChI=1S/C33H52O5/c1-30(2,3)22-15-24(32(7,8)9)28(17-26(22)35-13)37-19-21(34)20-38-29-18-27(36-14)23(31(4,5)6)16-25(29)33(10,11)12/h15-18,21,34H,19-20H2,1-14H3. The Labute approximate surface area is 231 Å². The van der Waals surface area contributed by atoms with Crippen LogP contribution in [0.3, 0.4) is 0 Å². The van der Waals surface area contributed by atoms with Gasteiger partial charge in [0.25, 0.3) is 0 Å². The van der Waals surface area contributed by atoms with E-state index in [1.807, 2.05) is 12.1 Å². The molecular weight excluding hydrogens is 476 g/mol. The molecule has 214 valence electrons. The molecule has 5 nitrogen and oxygen atoms in total. The van der Waals surface area contributed by atoms with E-state index < -0.39 is 6.10 Å². The lowest BCUT2D eigenvalue weighted by atomic mass is 9.79. The molecule has 38 heavy (non-hydrogen) atoms. The predicted octanol–water partition coefficient (Wildman–Crippen LogP) is 7.71. The zero-order chi connectivity index (χ0) is 29.3. The Morgan fingerprint density at radius 3 is 1.00 bits per heavy atom. The molecule has 0 saturated carbocycles. The van der Waals surface area contributed by atoms with E-state index in [0.717, 1.165) is 33.8 Å². The van der Waals surface area contributed by atoms with E-state index in [4.69, 9.17) is 18.9 Å². The fourth-order valence-electron chi connectivity index (χ4n) is 4.46. The third kappa shape index (κ3) is 7.81. The Bertz CT molecular complexity index is 1000. The summed E-state index contributed by atoms with van der Waals surface area (Å²) in [6.07, 6.45) is -0.822. The molecule has 0 aliphatic rings. The molecule has 0 aromatic heterocycles. The van der Waals surface area contributed by atoms with Gasteiger partial charge < -0.3 is 24.1 Å². The highest BCUT2D eigenvalue weighted by Gasteiger charge is 2.29. The van der Waals surface area contributed by atoms with E-state index in [2.05, 4.69) is 95.2 Å². The molecule has 0 unspecified atom stereocenters. The van der Waals surface area contributed by atoms with Gasteiger partial charge in [-0.2, -0.15) is 0 Å². The number of methoxy groups -OCH3 is 2. The quantitative estimate of drug-likeness (QED) is 0.380. The van der Waals surface area contributed by atoms with Gasteiger partial charge in [-0.3, -0.25) is 0 Å². The molecule has 0 bridgehead atoms. The third-order valence-corrected chi connectivity index (χ3v) is 6.70. The van der Waals surface area contributed by atoms with Gasteiger partial charge in [-0.1, -0.05) is 83.1 Å². The van der Waals surface area contributed by atoms with Gasteiger partial charge in [0.2, 0.25) is 0 Å². The van der Waals surface area contributed by atoms with Crippen molar-refractivity contribution in [3.05, 3.63) is 46.5 Å². The number of aliphatic hydroxyl groups is 1. The normalized spacial score (nSPS) is 13.1.